The van der Waals surface area contributed by atoms with Crippen LogP contribution in [-0.2, 0) is 11.2 Å². The first-order chi connectivity index (χ1) is 11.5. The van der Waals surface area contributed by atoms with Gasteiger partial charge in [0.1, 0.15) is 11.6 Å². The van der Waals surface area contributed by atoms with E-state index in [-0.39, 0.29) is 5.82 Å². The number of piperidine rings is 1. The zero-order valence-electron chi connectivity index (χ0n) is 13.1. The summed E-state index contributed by atoms with van der Waals surface area (Å²) in [6.07, 6.45) is 3.28. The average Bonchev–Trinajstić information content (AvgIpc) is 2.58. The van der Waals surface area contributed by atoms with Gasteiger partial charge in [0.15, 0.2) is 0 Å². The first-order valence-corrected chi connectivity index (χ1v) is 8.21. The number of nitrogens with zero attached hydrogens (tertiary/aromatic N) is 2. The molecule has 0 radical (unpaired) electrons. The maximum absolute atomic E-state index is 13.1. The minimum atomic E-state index is -0.905. The van der Waals surface area contributed by atoms with Gasteiger partial charge in [0, 0.05) is 19.3 Å². The fourth-order valence-electron chi connectivity index (χ4n) is 3.27. The molecule has 1 aromatic heterocycles. The summed E-state index contributed by atoms with van der Waals surface area (Å²) in [5.74, 6) is -0.423. The summed E-state index contributed by atoms with van der Waals surface area (Å²) < 4.78 is 13.1. The second-order valence-electron chi connectivity index (χ2n) is 6.25. The molecular formula is C18H18ClFN2O2. The molecule has 3 rings (SSSR count). The summed E-state index contributed by atoms with van der Waals surface area (Å²) in [6, 6.07) is 9.59. The van der Waals surface area contributed by atoms with E-state index in [4.69, 9.17) is 11.6 Å². The van der Waals surface area contributed by atoms with Crippen molar-refractivity contribution < 1.29 is 14.3 Å². The van der Waals surface area contributed by atoms with Crippen molar-refractivity contribution in [3.05, 3.63) is 59.0 Å². The molecule has 1 aliphatic rings. The van der Waals surface area contributed by atoms with Crippen LogP contribution in [0, 0.1) is 11.2 Å². The molecular weight excluding hydrogens is 331 g/mol. The fraction of sp³-hybridized carbons (Fsp3) is 0.333. The van der Waals surface area contributed by atoms with Crippen LogP contribution in [0.5, 0.6) is 0 Å². The van der Waals surface area contributed by atoms with E-state index in [1.54, 1.807) is 30.5 Å². The van der Waals surface area contributed by atoms with Crippen LogP contribution >= 0.6 is 11.6 Å². The van der Waals surface area contributed by atoms with E-state index in [0.29, 0.717) is 24.4 Å². The SMILES string of the molecule is O=C(O)[C@@]1(Cc2ccc(F)cc2)CCCN(c2ccc(Cl)cn2)C1. The normalized spacial score (nSPS) is 20.8. The number of pyridine rings is 1. The van der Waals surface area contributed by atoms with Crippen LogP contribution in [0.2, 0.25) is 5.02 Å². The summed E-state index contributed by atoms with van der Waals surface area (Å²) in [5, 5.41) is 10.4. The number of hydrogen-bond acceptors (Lipinski definition) is 3. The molecule has 24 heavy (non-hydrogen) atoms. The summed E-state index contributed by atoms with van der Waals surface area (Å²) in [4.78, 5) is 18.3. The lowest BCUT2D eigenvalue weighted by Gasteiger charge is -2.40. The number of carboxylic acid groups (broad SMARTS) is 1. The summed E-state index contributed by atoms with van der Waals surface area (Å²) in [7, 11) is 0. The van der Waals surface area contributed by atoms with Crippen molar-refractivity contribution in [2.75, 3.05) is 18.0 Å². The van der Waals surface area contributed by atoms with Crippen LogP contribution in [0.4, 0.5) is 10.2 Å². The van der Waals surface area contributed by atoms with Crippen molar-refractivity contribution in [1.29, 1.82) is 0 Å². The third-order valence-electron chi connectivity index (χ3n) is 4.52. The van der Waals surface area contributed by atoms with Gasteiger partial charge in [-0.05, 0) is 49.1 Å². The molecule has 0 aliphatic carbocycles. The smallest absolute Gasteiger partial charge is 0.311 e. The number of anilines is 1. The van der Waals surface area contributed by atoms with E-state index in [1.165, 1.54) is 12.1 Å². The van der Waals surface area contributed by atoms with Gasteiger partial charge in [0.2, 0.25) is 0 Å². The van der Waals surface area contributed by atoms with Crippen LogP contribution in [0.3, 0.4) is 0 Å². The molecule has 0 spiro atoms. The van der Waals surface area contributed by atoms with Crippen molar-refractivity contribution in [3.8, 4) is 0 Å². The van der Waals surface area contributed by atoms with Crippen LogP contribution < -0.4 is 4.90 Å². The summed E-state index contributed by atoms with van der Waals surface area (Å²) in [6.45, 7) is 1.13. The number of carbonyl (C=O) groups is 1. The average molecular weight is 349 g/mol. The Balaban J connectivity index is 1.84. The Kier molecular flexibility index (Phi) is 4.71. The molecule has 0 amide bonds. The molecule has 0 bridgehead atoms. The Morgan fingerprint density at radius 1 is 1.29 bits per heavy atom. The van der Waals surface area contributed by atoms with E-state index >= 15 is 0 Å². The number of benzene rings is 1. The molecule has 1 saturated heterocycles. The molecule has 1 N–H and O–H groups in total. The Morgan fingerprint density at radius 2 is 2.04 bits per heavy atom. The minimum absolute atomic E-state index is 0.321. The van der Waals surface area contributed by atoms with Crippen molar-refractivity contribution >= 4 is 23.4 Å². The van der Waals surface area contributed by atoms with Crippen molar-refractivity contribution in [3.63, 3.8) is 0 Å². The van der Waals surface area contributed by atoms with Gasteiger partial charge in [0.25, 0.3) is 0 Å². The standard InChI is InChI=1S/C18H18ClFN2O2/c19-14-4-7-16(21-11-14)22-9-1-8-18(12-22,17(23)24)10-13-2-5-15(20)6-3-13/h2-7,11H,1,8-10,12H2,(H,23,24)/t18-/m1/s1. The topological polar surface area (TPSA) is 53.4 Å². The van der Waals surface area contributed by atoms with Crippen molar-refractivity contribution in [1.82, 2.24) is 4.98 Å². The van der Waals surface area contributed by atoms with Crippen LogP contribution in [0.15, 0.2) is 42.6 Å². The number of aromatic nitrogens is 1. The second kappa shape index (κ2) is 6.77. The van der Waals surface area contributed by atoms with Gasteiger partial charge in [0.05, 0.1) is 10.4 Å². The highest BCUT2D eigenvalue weighted by Gasteiger charge is 2.42. The van der Waals surface area contributed by atoms with E-state index in [0.717, 1.165) is 24.3 Å². The molecule has 2 aromatic rings. The van der Waals surface area contributed by atoms with Crippen LogP contribution in [0.25, 0.3) is 0 Å². The van der Waals surface area contributed by atoms with Gasteiger partial charge in [-0.1, -0.05) is 23.7 Å². The monoisotopic (exact) mass is 348 g/mol. The lowest BCUT2D eigenvalue weighted by atomic mass is 9.75. The first-order valence-electron chi connectivity index (χ1n) is 7.83. The first kappa shape index (κ1) is 16.7. The number of aliphatic carboxylic acids is 1. The van der Waals surface area contributed by atoms with Crippen LogP contribution in [-0.4, -0.2) is 29.1 Å². The van der Waals surface area contributed by atoms with Gasteiger partial charge >= 0.3 is 5.97 Å². The molecule has 0 unspecified atom stereocenters. The minimum Gasteiger partial charge on any atom is -0.481 e. The molecule has 126 valence electrons. The van der Waals surface area contributed by atoms with Gasteiger partial charge in [-0.25, -0.2) is 9.37 Å². The number of hydrogen-bond donors (Lipinski definition) is 1. The van der Waals surface area contributed by atoms with Gasteiger partial charge in [-0.2, -0.15) is 0 Å². The van der Waals surface area contributed by atoms with E-state index in [2.05, 4.69) is 4.98 Å². The molecule has 1 fully saturated rings. The zero-order chi connectivity index (χ0) is 17.2. The largest absolute Gasteiger partial charge is 0.481 e. The van der Waals surface area contributed by atoms with E-state index < -0.39 is 11.4 Å². The van der Waals surface area contributed by atoms with Crippen LogP contribution in [0.1, 0.15) is 18.4 Å². The number of carboxylic acids is 1. The molecule has 1 aromatic carbocycles. The van der Waals surface area contributed by atoms with Gasteiger partial charge in [-0.15, -0.1) is 0 Å². The maximum Gasteiger partial charge on any atom is 0.311 e. The second-order valence-corrected chi connectivity index (χ2v) is 6.68. The molecule has 1 aliphatic heterocycles. The van der Waals surface area contributed by atoms with Crippen molar-refractivity contribution in [2.45, 2.75) is 19.3 Å². The molecule has 6 heteroatoms. The number of halogens is 2. The predicted octanol–water partition coefficient (Wildman–Crippen LogP) is 3.79. The number of rotatable bonds is 4. The highest BCUT2D eigenvalue weighted by Crippen LogP contribution is 2.36. The van der Waals surface area contributed by atoms with E-state index in [1.807, 2.05) is 4.90 Å². The highest BCUT2D eigenvalue weighted by atomic mass is 35.5. The summed E-state index contributed by atoms with van der Waals surface area (Å²) >= 11 is 5.87. The molecule has 1 atom stereocenters. The lowest BCUT2D eigenvalue weighted by Crippen LogP contribution is -2.49. The third-order valence-corrected chi connectivity index (χ3v) is 4.75. The highest BCUT2D eigenvalue weighted by molar-refractivity contribution is 6.30. The molecule has 0 saturated carbocycles. The predicted molar refractivity (Wildman–Crippen MR) is 90.9 cm³/mol. The summed E-state index contributed by atoms with van der Waals surface area (Å²) in [5.41, 5.74) is -0.0816. The van der Waals surface area contributed by atoms with Gasteiger partial charge < -0.3 is 10.0 Å². The molecule has 4 nitrogen and oxygen atoms in total. The lowest BCUT2D eigenvalue weighted by molar-refractivity contribution is -0.149. The molecule has 2 heterocycles. The van der Waals surface area contributed by atoms with Crippen molar-refractivity contribution in [2.24, 2.45) is 5.41 Å². The zero-order valence-corrected chi connectivity index (χ0v) is 13.8. The quantitative estimate of drug-likeness (QED) is 0.913. The Labute approximate surface area is 144 Å². The maximum atomic E-state index is 13.1. The Bertz CT molecular complexity index is 721. The third kappa shape index (κ3) is 3.51. The Hall–Kier alpha value is -2.14. The van der Waals surface area contributed by atoms with E-state index in [9.17, 15) is 14.3 Å². The Morgan fingerprint density at radius 3 is 2.67 bits per heavy atom. The van der Waals surface area contributed by atoms with Gasteiger partial charge in [-0.3, -0.25) is 4.79 Å². The fourth-order valence-corrected chi connectivity index (χ4v) is 3.38.